The highest BCUT2D eigenvalue weighted by Crippen LogP contribution is 2.35. The number of imide groups is 1. The van der Waals surface area contributed by atoms with Gasteiger partial charge >= 0.3 is 0 Å². The molecule has 28 heavy (non-hydrogen) atoms. The highest BCUT2D eigenvalue weighted by Gasteiger charge is 2.35. The molecule has 1 aliphatic heterocycles. The van der Waals surface area contributed by atoms with Crippen LogP contribution in [-0.4, -0.2) is 27.6 Å². The molecule has 7 nitrogen and oxygen atoms in total. The van der Waals surface area contributed by atoms with Crippen molar-refractivity contribution in [2.45, 2.75) is 13.5 Å². The second kappa shape index (κ2) is 8.45. The molecule has 9 heteroatoms. The lowest BCUT2D eigenvalue weighted by Gasteiger charge is -2.12. The fraction of sp³-hybridized carbons (Fsp3) is 0.158. The molecule has 0 bridgehead atoms. The SMILES string of the molecule is CCOc1ccc(Cl)cc1/C=C1\SC(=O)N(Cc2cccc([N+](=O)[O-])c2)C1=O. The molecule has 1 heterocycles. The molecule has 3 rings (SSSR count). The van der Waals surface area contributed by atoms with Crippen LogP contribution in [0.4, 0.5) is 10.5 Å². The number of benzene rings is 2. The standard InChI is InChI=1S/C19H15ClN2O5S/c1-2-27-16-7-6-14(20)9-13(16)10-17-18(23)21(19(24)28-17)11-12-4-3-5-15(8-12)22(25)26/h3-10H,2,11H2,1H3/b17-10-. The number of carbonyl (C=O) groups excluding carboxylic acids is 2. The Hall–Kier alpha value is -2.84. The first-order valence-corrected chi connectivity index (χ1v) is 9.49. The molecule has 1 saturated heterocycles. The number of carbonyl (C=O) groups is 2. The third-order valence-electron chi connectivity index (χ3n) is 3.89. The van der Waals surface area contributed by atoms with Gasteiger partial charge in [0.05, 0.1) is 23.0 Å². The van der Waals surface area contributed by atoms with Crippen LogP contribution < -0.4 is 4.74 Å². The first kappa shape index (κ1) is 19.9. The molecule has 2 amide bonds. The molecule has 0 unspecified atom stereocenters. The summed E-state index contributed by atoms with van der Waals surface area (Å²) in [6, 6.07) is 10.9. The highest BCUT2D eigenvalue weighted by molar-refractivity contribution is 8.18. The average Bonchev–Trinajstić information content (AvgIpc) is 2.92. The van der Waals surface area contributed by atoms with Crippen molar-refractivity contribution in [1.82, 2.24) is 4.90 Å². The maximum atomic E-state index is 12.7. The predicted octanol–water partition coefficient (Wildman–Crippen LogP) is 4.88. The molecule has 0 aliphatic carbocycles. The Kier molecular flexibility index (Phi) is 6.01. The molecule has 0 atom stereocenters. The summed E-state index contributed by atoms with van der Waals surface area (Å²) >= 11 is 6.84. The van der Waals surface area contributed by atoms with Crippen LogP contribution in [0.15, 0.2) is 47.4 Å². The van der Waals surface area contributed by atoms with Gasteiger partial charge in [-0.05, 0) is 48.5 Å². The van der Waals surface area contributed by atoms with E-state index in [2.05, 4.69) is 0 Å². The van der Waals surface area contributed by atoms with Crippen LogP contribution >= 0.6 is 23.4 Å². The summed E-state index contributed by atoms with van der Waals surface area (Å²) in [6.45, 7) is 2.24. The smallest absolute Gasteiger partial charge is 0.293 e. The largest absolute Gasteiger partial charge is 0.493 e. The van der Waals surface area contributed by atoms with E-state index in [9.17, 15) is 19.7 Å². The van der Waals surface area contributed by atoms with E-state index in [0.717, 1.165) is 16.7 Å². The second-order valence-electron chi connectivity index (χ2n) is 5.81. The van der Waals surface area contributed by atoms with Crippen molar-refractivity contribution in [3.63, 3.8) is 0 Å². The number of hydrogen-bond acceptors (Lipinski definition) is 6. The molecule has 144 valence electrons. The van der Waals surface area contributed by atoms with E-state index < -0.39 is 16.1 Å². The summed E-state index contributed by atoms with van der Waals surface area (Å²) in [7, 11) is 0. The predicted molar refractivity (Wildman–Crippen MR) is 107 cm³/mol. The number of nitro groups is 1. The van der Waals surface area contributed by atoms with E-state index in [4.69, 9.17) is 16.3 Å². The van der Waals surface area contributed by atoms with Gasteiger partial charge in [-0.1, -0.05) is 23.7 Å². The number of halogens is 1. The Labute approximate surface area is 170 Å². The Morgan fingerprint density at radius 1 is 1.25 bits per heavy atom. The lowest BCUT2D eigenvalue weighted by atomic mass is 10.1. The van der Waals surface area contributed by atoms with Gasteiger partial charge in [0, 0.05) is 22.7 Å². The van der Waals surface area contributed by atoms with Crippen molar-refractivity contribution in [2.75, 3.05) is 6.61 Å². The van der Waals surface area contributed by atoms with Crippen LogP contribution in [-0.2, 0) is 11.3 Å². The number of hydrogen-bond donors (Lipinski definition) is 0. The quantitative estimate of drug-likeness (QED) is 0.377. The third-order valence-corrected chi connectivity index (χ3v) is 5.04. The van der Waals surface area contributed by atoms with Gasteiger partial charge < -0.3 is 4.74 Å². The van der Waals surface area contributed by atoms with Crippen molar-refractivity contribution in [3.8, 4) is 5.75 Å². The molecule has 2 aromatic carbocycles. The van der Waals surface area contributed by atoms with E-state index in [1.807, 2.05) is 6.92 Å². The topological polar surface area (TPSA) is 89.8 Å². The van der Waals surface area contributed by atoms with Gasteiger partial charge in [0.25, 0.3) is 16.8 Å². The minimum atomic E-state index is -0.522. The van der Waals surface area contributed by atoms with Gasteiger partial charge in [0.15, 0.2) is 0 Å². The van der Waals surface area contributed by atoms with Crippen LogP contribution in [0.3, 0.4) is 0 Å². The molecule has 0 aromatic heterocycles. The Bertz CT molecular complexity index is 992. The maximum Gasteiger partial charge on any atom is 0.293 e. The van der Waals surface area contributed by atoms with Gasteiger partial charge in [-0.15, -0.1) is 0 Å². The molecule has 0 spiro atoms. The monoisotopic (exact) mass is 418 g/mol. The number of ether oxygens (including phenoxy) is 1. The molecule has 0 saturated carbocycles. The zero-order chi connectivity index (χ0) is 20.3. The first-order chi connectivity index (χ1) is 13.4. The Balaban J connectivity index is 1.86. The zero-order valence-corrected chi connectivity index (χ0v) is 16.3. The van der Waals surface area contributed by atoms with E-state index in [1.165, 1.54) is 18.2 Å². The van der Waals surface area contributed by atoms with E-state index in [-0.39, 0.29) is 17.1 Å². The summed E-state index contributed by atoms with van der Waals surface area (Å²) in [5.41, 5.74) is 0.992. The molecule has 0 radical (unpaired) electrons. The Morgan fingerprint density at radius 3 is 2.75 bits per heavy atom. The summed E-state index contributed by atoms with van der Waals surface area (Å²) < 4.78 is 5.54. The number of thioether (sulfide) groups is 1. The normalized spacial score (nSPS) is 15.4. The van der Waals surface area contributed by atoms with Crippen molar-refractivity contribution >= 4 is 46.3 Å². The number of nitro benzene ring substituents is 1. The summed E-state index contributed by atoms with van der Waals surface area (Å²) in [4.78, 5) is 36.7. The first-order valence-electron chi connectivity index (χ1n) is 8.30. The minimum absolute atomic E-state index is 0.0441. The number of nitrogens with zero attached hydrogens (tertiary/aromatic N) is 2. The molecule has 1 fully saturated rings. The summed E-state index contributed by atoms with van der Waals surface area (Å²) in [6.07, 6.45) is 1.56. The van der Waals surface area contributed by atoms with Crippen molar-refractivity contribution in [2.24, 2.45) is 0 Å². The average molecular weight is 419 g/mol. The second-order valence-corrected chi connectivity index (χ2v) is 7.24. The Morgan fingerprint density at radius 2 is 2.04 bits per heavy atom. The van der Waals surface area contributed by atoms with E-state index >= 15 is 0 Å². The number of non-ortho nitro benzene ring substituents is 1. The van der Waals surface area contributed by atoms with Gasteiger partial charge in [-0.25, -0.2) is 0 Å². The highest BCUT2D eigenvalue weighted by atomic mass is 35.5. The van der Waals surface area contributed by atoms with Gasteiger partial charge in [0.1, 0.15) is 5.75 Å². The summed E-state index contributed by atoms with van der Waals surface area (Å²) in [5.74, 6) is 0.0845. The lowest BCUT2D eigenvalue weighted by molar-refractivity contribution is -0.384. The van der Waals surface area contributed by atoms with Crippen LogP contribution in [0.5, 0.6) is 5.75 Å². The number of amides is 2. The molecular formula is C19H15ClN2O5S. The van der Waals surface area contributed by atoms with Crippen molar-refractivity contribution < 1.29 is 19.2 Å². The van der Waals surface area contributed by atoms with E-state index in [1.54, 1.807) is 30.3 Å². The molecule has 1 aliphatic rings. The van der Waals surface area contributed by atoms with Gasteiger partial charge in [-0.3, -0.25) is 24.6 Å². The third kappa shape index (κ3) is 4.35. The molecular weight excluding hydrogens is 404 g/mol. The van der Waals surface area contributed by atoms with Crippen molar-refractivity contribution in [3.05, 3.63) is 73.6 Å². The fourth-order valence-electron chi connectivity index (χ4n) is 2.65. The molecule has 2 aromatic rings. The van der Waals surface area contributed by atoms with Crippen LogP contribution in [0.2, 0.25) is 5.02 Å². The zero-order valence-electron chi connectivity index (χ0n) is 14.8. The van der Waals surface area contributed by atoms with Crippen LogP contribution in [0, 0.1) is 10.1 Å². The maximum absolute atomic E-state index is 12.7. The van der Waals surface area contributed by atoms with Crippen LogP contribution in [0.25, 0.3) is 6.08 Å². The number of rotatable bonds is 6. The summed E-state index contributed by atoms with van der Waals surface area (Å²) in [5, 5.41) is 10.9. The van der Waals surface area contributed by atoms with Gasteiger partial charge in [-0.2, -0.15) is 0 Å². The molecule has 0 N–H and O–H groups in total. The van der Waals surface area contributed by atoms with Gasteiger partial charge in [0.2, 0.25) is 0 Å². The van der Waals surface area contributed by atoms with Crippen molar-refractivity contribution in [1.29, 1.82) is 0 Å². The van der Waals surface area contributed by atoms with Crippen LogP contribution in [0.1, 0.15) is 18.1 Å². The fourth-order valence-corrected chi connectivity index (χ4v) is 3.66. The van der Waals surface area contributed by atoms with E-state index in [0.29, 0.717) is 28.5 Å². The lowest BCUT2D eigenvalue weighted by Crippen LogP contribution is -2.27. The minimum Gasteiger partial charge on any atom is -0.493 e.